The molecule has 0 saturated carbocycles. The molecule has 0 bridgehead atoms. The van der Waals surface area contributed by atoms with Crippen molar-refractivity contribution in [2.24, 2.45) is 5.41 Å². The molecule has 2 aliphatic rings. The minimum Gasteiger partial charge on any atom is -0.478 e. The topological polar surface area (TPSA) is 66.8 Å². The lowest BCUT2D eigenvalue weighted by Gasteiger charge is -2.34. The largest absolute Gasteiger partial charge is 0.478 e. The lowest BCUT2D eigenvalue weighted by Crippen LogP contribution is -2.36. The zero-order valence-electron chi connectivity index (χ0n) is 11.6. The summed E-state index contributed by atoms with van der Waals surface area (Å²) in [6.45, 7) is 1.44. The molecular weight excluding hydrogens is 270 g/mol. The smallest absolute Gasteiger partial charge is 0.410 e. The number of benzene rings is 1. The lowest BCUT2D eigenvalue weighted by atomic mass is 9.70. The predicted molar refractivity (Wildman–Crippen MR) is 75.6 cm³/mol. The van der Waals surface area contributed by atoms with Crippen molar-refractivity contribution in [3.63, 3.8) is 0 Å². The highest BCUT2D eigenvalue weighted by atomic mass is 16.6. The minimum absolute atomic E-state index is 0.139. The Kier molecular flexibility index (Phi) is 3.41. The SMILES string of the molecule is O=C(O)C1=CC2(CCN(C(=O)OCc3ccccc3)C2)C1. The van der Waals surface area contributed by atoms with Gasteiger partial charge in [-0.05, 0) is 18.4 Å². The fourth-order valence-corrected chi connectivity index (χ4v) is 2.98. The van der Waals surface area contributed by atoms with Crippen LogP contribution in [0.1, 0.15) is 18.4 Å². The number of carbonyl (C=O) groups is 2. The molecule has 21 heavy (non-hydrogen) atoms. The third-order valence-electron chi connectivity index (χ3n) is 4.15. The van der Waals surface area contributed by atoms with Gasteiger partial charge in [-0.2, -0.15) is 0 Å². The number of carbonyl (C=O) groups excluding carboxylic acids is 1. The van der Waals surface area contributed by atoms with Crippen molar-refractivity contribution >= 4 is 12.1 Å². The van der Waals surface area contributed by atoms with Crippen molar-refractivity contribution in [1.29, 1.82) is 0 Å². The first-order valence-electron chi connectivity index (χ1n) is 6.99. The molecule has 110 valence electrons. The van der Waals surface area contributed by atoms with Gasteiger partial charge in [-0.3, -0.25) is 0 Å². The van der Waals surface area contributed by atoms with Crippen LogP contribution in [0.4, 0.5) is 4.79 Å². The van der Waals surface area contributed by atoms with E-state index in [4.69, 9.17) is 9.84 Å². The van der Waals surface area contributed by atoms with Gasteiger partial charge >= 0.3 is 12.1 Å². The molecule has 1 fully saturated rings. The molecule has 1 aliphatic carbocycles. The van der Waals surface area contributed by atoms with Crippen LogP contribution in [0.15, 0.2) is 42.0 Å². The highest BCUT2D eigenvalue weighted by Crippen LogP contribution is 2.46. The molecule has 0 aromatic heterocycles. The van der Waals surface area contributed by atoms with Crippen LogP contribution in [0.25, 0.3) is 0 Å². The summed E-state index contributed by atoms with van der Waals surface area (Å²) in [6.07, 6.45) is 2.82. The molecule has 1 aliphatic heterocycles. The van der Waals surface area contributed by atoms with E-state index in [1.807, 2.05) is 30.3 Å². The summed E-state index contributed by atoms with van der Waals surface area (Å²) in [6, 6.07) is 9.54. The van der Waals surface area contributed by atoms with Crippen molar-refractivity contribution in [2.75, 3.05) is 13.1 Å². The monoisotopic (exact) mass is 287 g/mol. The van der Waals surface area contributed by atoms with Gasteiger partial charge in [0.25, 0.3) is 0 Å². The van der Waals surface area contributed by atoms with Crippen molar-refractivity contribution < 1.29 is 19.4 Å². The molecule has 1 aromatic rings. The Bertz CT molecular complexity index is 596. The quantitative estimate of drug-likeness (QED) is 0.927. The molecule has 0 radical (unpaired) electrons. The maximum Gasteiger partial charge on any atom is 0.410 e. The standard InChI is InChI=1S/C16H17NO4/c18-14(19)13-8-16(9-13)6-7-17(11-16)15(20)21-10-12-4-2-1-3-5-12/h1-5,8H,6-7,9-11H2,(H,18,19). The number of hydrogen-bond donors (Lipinski definition) is 1. The highest BCUT2D eigenvalue weighted by Gasteiger charge is 2.46. The molecule has 3 rings (SSSR count). The van der Waals surface area contributed by atoms with E-state index in [1.54, 1.807) is 11.0 Å². The van der Waals surface area contributed by atoms with Gasteiger partial charge in [0, 0.05) is 24.1 Å². The van der Waals surface area contributed by atoms with E-state index in [2.05, 4.69) is 0 Å². The fourth-order valence-electron chi connectivity index (χ4n) is 2.98. The van der Waals surface area contributed by atoms with E-state index in [1.165, 1.54) is 0 Å². The third kappa shape index (κ3) is 2.77. The second-order valence-electron chi connectivity index (χ2n) is 5.73. The first-order chi connectivity index (χ1) is 10.1. The summed E-state index contributed by atoms with van der Waals surface area (Å²) in [5, 5.41) is 8.89. The van der Waals surface area contributed by atoms with E-state index in [-0.39, 0.29) is 18.1 Å². The van der Waals surface area contributed by atoms with E-state index < -0.39 is 5.97 Å². The Hall–Kier alpha value is -2.30. The summed E-state index contributed by atoms with van der Waals surface area (Å²) in [5.74, 6) is -0.856. The van der Waals surface area contributed by atoms with Gasteiger partial charge in [0.2, 0.25) is 0 Å². The average Bonchev–Trinajstić information content (AvgIpc) is 2.89. The fraction of sp³-hybridized carbons (Fsp3) is 0.375. The van der Waals surface area contributed by atoms with Crippen LogP contribution in [0.5, 0.6) is 0 Å². The van der Waals surface area contributed by atoms with Crippen LogP contribution in [0, 0.1) is 5.41 Å². The molecule has 1 aromatic carbocycles. The second kappa shape index (κ2) is 5.24. The van der Waals surface area contributed by atoms with Crippen LogP contribution in [0.2, 0.25) is 0 Å². The number of rotatable bonds is 3. The number of likely N-dealkylation sites (tertiary alicyclic amines) is 1. The van der Waals surface area contributed by atoms with Crippen LogP contribution in [0.3, 0.4) is 0 Å². The molecule has 1 unspecified atom stereocenters. The number of ether oxygens (including phenoxy) is 1. The number of aliphatic carboxylic acids is 1. The molecule has 1 spiro atoms. The zero-order valence-corrected chi connectivity index (χ0v) is 11.6. The predicted octanol–water partition coefficient (Wildman–Crippen LogP) is 2.43. The average molecular weight is 287 g/mol. The summed E-state index contributed by atoms with van der Waals surface area (Å²) in [5.41, 5.74) is 1.27. The molecule has 5 nitrogen and oxygen atoms in total. The molecular formula is C16H17NO4. The van der Waals surface area contributed by atoms with Gasteiger partial charge in [-0.1, -0.05) is 36.4 Å². The summed E-state index contributed by atoms with van der Waals surface area (Å²) in [4.78, 5) is 24.5. The van der Waals surface area contributed by atoms with Crippen LogP contribution in [-0.2, 0) is 16.1 Å². The molecule has 1 heterocycles. The lowest BCUT2D eigenvalue weighted by molar-refractivity contribution is -0.133. The molecule has 5 heteroatoms. The maximum atomic E-state index is 12.0. The number of carboxylic acid groups (broad SMARTS) is 1. The highest BCUT2D eigenvalue weighted by molar-refractivity contribution is 5.89. The van der Waals surface area contributed by atoms with Crippen LogP contribution >= 0.6 is 0 Å². The number of carboxylic acids is 1. The number of amides is 1. The van der Waals surface area contributed by atoms with Gasteiger partial charge < -0.3 is 14.7 Å². The second-order valence-corrected chi connectivity index (χ2v) is 5.73. The van der Waals surface area contributed by atoms with E-state index in [0.29, 0.717) is 25.1 Å². The maximum absolute atomic E-state index is 12.0. The van der Waals surface area contributed by atoms with E-state index in [9.17, 15) is 9.59 Å². The Labute approximate surface area is 122 Å². The molecule has 1 amide bonds. The third-order valence-corrected chi connectivity index (χ3v) is 4.15. The van der Waals surface area contributed by atoms with Gasteiger partial charge in [0.05, 0.1) is 0 Å². The first kappa shape index (κ1) is 13.7. The van der Waals surface area contributed by atoms with Gasteiger partial charge in [0.15, 0.2) is 0 Å². The Morgan fingerprint density at radius 1 is 1.29 bits per heavy atom. The Morgan fingerprint density at radius 3 is 2.67 bits per heavy atom. The van der Waals surface area contributed by atoms with Crippen molar-refractivity contribution in [2.45, 2.75) is 19.4 Å². The van der Waals surface area contributed by atoms with E-state index >= 15 is 0 Å². The Balaban J connectivity index is 1.53. The number of hydrogen-bond acceptors (Lipinski definition) is 3. The van der Waals surface area contributed by atoms with Gasteiger partial charge in [0.1, 0.15) is 6.61 Å². The molecule has 1 atom stereocenters. The zero-order chi connectivity index (χ0) is 14.9. The molecule has 1 N–H and O–H groups in total. The summed E-state index contributed by atoms with van der Waals surface area (Å²) in [7, 11) is 0. The first-order valence-corrected chi connectivity index (χ1v) is 6.99. The van der Waals surface area contributed by atoms with Crippen LogP contribution in [-0.4, -0.2) is 35.2 Å². The van der Waals surface area contributed by atoms with Crippen molar-refractivity contribution in [1.82, 2.24) is 4.90 Å². The molecule has 1 saturated heterocycles. The minimum atomic E-state index is -0.856. The van der Waals surface area contributed by atoms with Gasteiger partial charge in [-0.15, -0.1) is 0 Å². The summed E-state index contributed by atoms with van der Waals surface area (Å²) < 4.78 is 5.30. The summed E-state index contributed by atoms with van der Waals surface area (Å²) >= 11 is 0. The Morgan fingerprint density at radius 2 is 2.00 bits per heavy atom. The van der Waals surface area contributed by atoms with Crippen molar-refractivity contribution in [3.05, 3.63) is 47.5 Å². The van der Waals surface area contributed by atoms with E-state index in [0.717, 1.165) is 12.0 Å². The van der Waals surface area contributed by atoms with Crippen molar-refractivity contribution in [3.8, 4) is 0 Å². The van der Waals surface area contributed by atoms with Crippen LogP contribution < -0.4 is 0 Å². The van der Waals surface area contributed by atoms with Gasteiger partial charge in [-0.25, -0.2) is 9.59 Å². The number of nitrogens with zero attached hydrogens (tertiary/aromatic N) is 1. The normalized spacial score (nSPS) is 23.6.